The van der Waals surface area contributed by atoms with E-state index in [0.717, 1.165) is 18.2 Å². The van der Waals surface area contributed by atoms with Gasteiger partial charge in [0, 0.05) is 29.4 Å². The summed E-state index contributed by atoms with van der Waals surface area (Å²) < 4.78 is 1.60. The molecule has 3 aromatic rings. The Labute approximate surface area is 187 Å². The number of thioether (sulfide) groups is 1. The Bertz CT molecular complexity index is 1180. The minimum Gasteiger partial charge on any atom is -0.325 e. The maximum Gasteiger partial charge on any atom is 0.269 e. The number of rotatable bonds is 8. The summed E-state index contributed by atoms with van der Waals surface area (Å²) in [4.78, 5) is 40.2. The molecule has 0 spiro atoms. The molecule has 1 N–H and O–H groups in total. The van der Waals surface area contributed by atoms with Crippen LogP contribution in [0.4, 0.5) is 11.4 Å². The van der Waals surface area contributed by atoms with Crippen molar-refractivity contribution >= 4 is 51.5 Å². The molecule has 10 heteroatoms. The maximum atomic E-state index is 13.0. The smallest absolute Gasteiger partial charge is 0.269 e. The third kappa shape index (κ3) is 5.83. The Balaban J connectivity index is 1.80. The molecule has 0 fully saturated rings. The SMILES string of the molecule is CC(C)CCn1c(SCC(=O)Nc2ccc([N+](=O)[O-])cc2)nc2cc(Cl)ccc2c1=O. The number of anilines is 1. The topological polar surface area (TPSA) is 107 Å². The second-order valence-electron chi connectivity index (χ2n) is 7.34. The zero-order chi connectivity index (χ0) is 22.5. The van der Waals surface area contributed by atoms with E-state index in [1.54, 1.807) is 22.8 Å². The highest BCUT2D eigenvalue weighted by Crippen LogP contribution is 2.22. The Kier molecular flexibility index (Phi) is 7.29. The number of fused-ring (bicyclic) bond motifs is 1. The third-order valence-corrected chi connectivity index (χ3v) is 5.72. The fourth-order valence-electron chi connectivity index (χ4n) is 2.86. The first-order chi connectivity index (χ1) is 14.7. The molecule has 162 valence electrons. The molecule has 2 aromatic carbocycles. The van der Waals surface area contributed by atoms with Gasteiger partial charge in [-0.2, -0.15) is 0 Å². The molecule has 0 aliphatic carbocycles. The first-order valence-electron chi connectivity index (χ1n) is 9.62. The van der Waals surface area contributed by atoms with Crippen LogP contribution < -0.4 is 10.9 Å². The lowest BCUT2D eigenvalue weighted by Gasteiger charge is -2.14. The molecular weight excluding hydrogens is 440 g/mol. The molecule has 8 nitrogen and oxygen atoms in total. The fourth-order valence-corrected chi connectivity index (χ4v) is 3.85. The van der Waals surface area contributed by atoms with Crippen LogP contribution in [0.1, 0.15) is 20.3 Å². The van der Waals surface area contributed by atoms with E-state index in [-0.39, 0.29) is 22.9 Å². The molecule has 0 bridgehead atoms. The lowest BCUT2D eigenvalue weighted by molar-refractivity contribution is -0.384. The molecule has 0 saturated carbocycles. The molecule has 0 radical (unpaired) electrons. The second-order valence-corrected chi connectivity index (χ2v) is 8.71. The number of aromatic nitrogens is 2. The Morgan fingerprint density at radius 1 is 1.26 bits per heavy atom. The zero-order valence-electron chi connectivity index (χ0n) is 17.0. The van der Waals surface area contributed by atoms with Crippen molar-refractivity contribution in [1.82, 2.24) is 9.55 Å². The van der Waals surface area contributed by atoms with E-state index >= 15 is 0 Å². The lowest BCUT2D eigenvalue weighted by Crippen LogP contribution is -2.25. The van der Waals surface area contributed by atoms with Crippen LogP contribution in [0, 0.1) is 16.0 Å². The van der Waals surface area contributed by atoms with Crippen molar-refractivity contribution in [2.75, 3.05) is 11.1 Å². The summed E-state index contributed by atoms with van der Waals surface area (Å²) >= 11 is 7.21. The number of halogens is 1. The summed E-state index contributed by atoms with van der Waals surface area (Å²) in [5.74, 6) is 0.114. The number of nitro benzene ring substituents is 1. The second kappa shape index (κ2) is 9.93. The van der Waals surface area contributed by atoms with Crippen LogP contribution in [-0.4, -0.2) is 26.1 Å². The van der Waals surface area contributed by atoms with Crippen LogP contribution in [0.15, 0.2) is 52.4 Å². The Hall–Kier alpha value is -2.91. The van der Waals surface area contributed by atoms with E-state index in [9.17, 15) is 19.7 Å². The third-order valence-electron chi connectivity index (χ3n) is 4.51. The largest absolute Gasteiger partial charge is 0.325 e. The number of amides is 1. The number of nitrogens with zero attached hydrogens (tertiary/aromatic N) is 3. The molecular formula is C21H21ClN4O4S. The lowest BCUT2D eigenvalue weighted by atomic mass is 10.1. The summed E-state index contributed by atoms with van der Waals surface area (Å²) in [6.45, 7) is 4.64. The molecule has 1 aromatic heterocycles. The average molecular weight is 461 g/mol. The van der Waals surface area contributed by atoms with Crippen molar-refractivity contribution in [2.24, 2.45) is 5.92 Å². The van der Waals surface area contributed by atoms with E-state index in [1.165, 1.54) is 24.3 Å². The summed E-state index contributed by atoms with van der Waals surface area (Å²) in [5.41, 5.74) is 0.712. The van der Waals surface area contributed by atoms with Gasteiger partial charge in [0.1, 0.15) is 0 Å². The maximum absolute atomic E-state index is 13.0. The number of carbonyl (C=O) groups is 1. The standard InChI is InChI=1S/C21H21ClN4O4S/c1-13(2)9-10-25-20(28)17-8-3-14(22)11-18(17)24-21(25)31-12-19(27)23-15-4-6-16(7-5-15)26(29)30/h3-8,11,13H,9-10,12H2,1-2H3,(H,23,27). The highest BCUT2D eigenvalue weighted by atomic mass is 35.5. The van der Waals surface area contributed by atoms with Gasteiger partial charge in [0.2, 0.25) is 5.91 Å². The van der Waals surface area contributed by atoms with Gasteiger partial charge in [0.25, 0.3) is 11.2 Å². The van der Waals surface area contributed by atoms with Gasteiger partial charge in [-0.15, -0.1) is 0 Å². The van der Waals surface area contributed by atoms with Gasteiger partial charge in [-0.3, -0.25) is 24.3 Å². The predicted octanol–water partition coefficient (Wildman–Crippen LogP) is 4.74. The molecule has 0 unspecified atom stereocenters. The van der Waals surface area contributed by atoms with Gasteiger partial charge >= 0.3 is 0 Å². The highest BCUT2D eigenvalue weighted by molar-refractivity contribution is 7.99. The van der Waals surface area contributed by atoms with Crippen molar-refractivity contribution in [3.63, 3.8) is 0 Å². The molecule has 1 heterocycles. The predicted molar refractivity (Wildman–Crippen MR) is 123 cm³/mol. The number of carbonyl (C=O) groups excluding carboxylic acids is 1. The molecule has 3 rings (SSSR count). The van der Waals surface area contributed by atoms with Crippen molar-refractivity contribution in [3.8, 4) is 0 Å². The summed E-state index contributed by atoms with van der Waals surface area (Å²) in [6.07, 6.45) is 0.795. The van der Waals surface area contributed by atoms with E-state index < -0.39 is 4.92 Å². The van der Waals surface area contributed by atoms with Crippen molar-refractivity contribution in [2.45, 2.75) is 32.0 Å². The van der Waals surface area contributed by atoms with Crippen LogP contribution >= 0.6 is 23.4 Å². The van der Waals surface area contributed by atoms with E-state index in [4.69, 9.17) is 11.6 Å². The molecule has 0 saturated heterocycles. The van der Waals surface area contributed by atoms with E-state index in [0.29, 0.717) is 39.2 Å². The summed E-state index contributed by atoms with van der Waals surface area (Å²) in [6, 6.07) is 10.5. The van der Waals surface area contributed by atoms with Gasteiger partial charge in [-0.1, -0.05) is 37.2 Å². The number of benzene rings is 2. The number of non-ortho nitro benzene ring substituents is 1. The Morgan fingerprint density at radius 2 is 1.97 bits per heavy atom. The van der Waals surface area contributed by atoms with Crippen LogP contribution in [0.5, 0.6) is 0 Å². The summed E-state index contributed by atoms with van der Waals surface area (Å²) in [5, 5.41) is 14.8. The van der Waals surface area contributed by atoms with Gasteiger partial charge in [-0.25, -0.2) is 4.98 Å². The van der Waals surface area contributed by atoms with Crippen LogP contribution in [-0.2, 0) is 11.3 Å². The van der Waals surface area contributed by atoms with Crippen LogP contribution in [0.3, 0.4) is 0 Å². The number of hydrogen-bond donors (Lipinski definition) is 1. The van der Waals surface area contributed by atoms with Gasteiger partial charge in [0.15, 0.2) is 5.16 Å². The minimum atomic E-state index is -0.504. The number of nitrogens with one attached hydrogen (secondary N) is 1. The van der Waals surface area contributed by atoms with E-state index in [1.807, 2.05) is 0 Å². The Morgan fingerprint density at radius 3 is 2.61 bits per heavy atom. The first-order valence-corrected chi connectivity index (χ1v) is 11.0. The molecule has 31 heavy (non-hydrogen) atoms. The normalized spacial score (nSPS) is 11.1. The fraction of sp³-hybridized carbons (Fsp3) is 0.286. The minimum absolute atomic E-state index is 0.0250. The molecule has 1 amide bonds. The average Bonchev–Trinajstić information content (AvgIpc) is 2.71. The molecule has 0 atom stereocenters. The number of hydrogen-bond acceptors (Lipinski definition) is 6. The highest BCUT2D eigenvalue weighted by Gasteiger charge is 2.15. The first kappa shape index (κ1) is 22.8. The van der Waals surface area contributed by atoms with E-state index in [2.05, 4.69) is 24.1 Å². The van der Waals surface area contributed by atoms with Gasteiger partial charge in [0.05, 0.1) is 21.6 Å². The van der Waals surface area contributed by atoms with Crippen LogP contribution in [0.25, 0.3) is 10.9 Å². The zero-order valence-corrected chi connectivity index (χ0v) is 18.6. The quantitative estimate of drug-likeness (QED) is 0.225. The van der Waals surface area contributed by atoms with Crippen molar-refractivity contribution in [1.29, 1.82) is 0 Å². The monoisotopic (exact) mass is 460 g/mol. The molecule has 0 aliphatic heterocycles. The van der Waals surface area contributed by atoms with Crippen molar-refractivity contribution in [3.05, 3.63) is 68.0 Å². The summed E-state index contributed by atoms with van der Waals surface area (Å²) in [7, 11) is 0. The van der Waals surface area contributed by atoms with Gasteiger partial charge in [-0.05, 0) is 42.7 Å². The van der Waals surface area contributed by atoms with Crippen molar-refractivity contribution < 1.29 is 9.72 Å². The number of nitro groups is 1. The molecule has 0 aliphatic rings. The van der Waals surface area contributed by atoms with Crippen LogP contribution in [0.2, 0.25) is 5.02 Å². The van der Waals surface area contributed by atoms with Gasteiger partial charge < -0.3 is 5.32 Å².